The average molecular weight is 213 g/mol. The quantitative estimate of drug-likeness (QED) is 0.567. The van der Waals surface area contributed by atoms with Crippen molar-refractivity contribution in [2.75, 3.05) is 0 Å². The van der Waals surface area contributed by atoms with Crippen molar-refractivity contribution in [2.45, 2.75) is 6.92 Å². The van der Waals surface area contributed by atoms with E-state index >= 15 is 0 Å². The summed E-state index contributed by atoms with van der Waals surface area (Å²) in [5, 5.41) is 1.83. The summed E-state index contributed by atoms with van der Waals surface area (Å²) in [6.07, 6.45) is 1.83. The van der Waals surface area contributed by atoms with E-state index in [1.807, 2.05) is 6.29 Å². The first-order valence-electron chi connectivity index (χ1n) is 4.79. The molecule has 0 aliphatic heterocycles. The van der Waals surface area contributed by atoms with Gasteiger partial charge in [-0.25, -0.2) is 0 Å². The smallest absolute Gasteiger partial charge is 0.308 e. The maximum Gasteiger partial charge on any atom is 0.308 e. The number of ether oxygens (including phenoxy) is 1. The molecule has 0 heterocycles. The molecule has 0 spiro atoms. The Labute approximate surface area is 92.6 Å². The Morgan fingerprint density at radius 2 is 1.81 bits per heavy atom. The SMILES string of the molecule is CC(=O)Oc1ccc2cc([C]=O)ccc2c1. The molecule has 0 atom stereocenters. The zero-order valence-corrected chi connectivity index (χ0v) is 8.69. The van der Waals surface area contributed by atoms with Crippen LogP contribution in [0.25, 0.3) is 10.8 Å². The fourth-order valence-corrected chi connectivity index (χ4v) is 1.52. The Bertz CT molecular complexity index is 558. The lowest BCUT2D eigenvalue weighted by Gasteiger charge is -2.03. The fraction of sp³-hybridized carbons (Fsp3) is 0.0769. The maximum absolute atomic E-state index is 10.8. The van der Waals surface area contributed by atoms with E-state index in [4.69, 9.17) is 4.74 Å². The van der Waals surface area contributed by atoms with E-state index in [1.54, 1.807) is 36.4 Å². The first-order valence-corrected chi connectivity index (χ1v) is 4.79. The third kappa shape index (κ3) is 2.08. The highest BCUT2D eigenvalue weighted by Crippen LogP contribution is 2.21. The van der Waals surface area contributed by atoms with Crippen LogP contribution >= 0.6 is 0 Å². The molecule has 0 aromatic heterocycles. The molecular weight excluding hydrogens is 204 g/mol. The average Bonchev–Trinajstić information content (AvgIpc) is 2.27. The van der Waals surface area contributed by atoms with Crippen LogP contribution in [-0.4, -0.2) is 12.3 Å². The van der Waals surface area contributed by atoms with E-state index < -0.39 is 0 Å². The van der Waals surface area contributed by atoms with Gasteiger partial charge in [0.1, 0.15) is 5.75 Å². The normalized spacial score (nSPS) is 10.1. The van der Waals surface area contributed by atoms with Crippen molar-refractivity contribution in [1.29, 1.82) is 0 Å². The van der Waals surface area contributed by atoms with Crippen LogP contribution in [0.4, 0.5) is 0 Å². The molecule has 0 aliphatic carbocycles. The highest BCUT2D eigenvalue weighted by Gasteiger charge is 2.01. The summed E-state index contributed by atoms with van der Waals surface area (Å²) in [6.45, 7) is 1.36. The fourth-order valence-electron chi connectivity index (χ4n) is 1.52. The largest absolute Gasteiger partial charge is 0.427 e. The Morgan fingerprint density at radius 1 is 1.12 bits per heavy atom. The van der Waals surface area contributed by atoms with E-state index in [-0.39, 0.29) is 5.97 Å². The topological polar surface area (TPSA) is 43.4 Å². The molecule has 1 radical (unpaired) electrons. The molecule has 3 nitrogen and oxygen atoms in total. The Morgan fingerprint density at radius 3 is 2.50 bits per heavy atom. The monoisotopic (exact) mass is 213 g/mol. The van der Waals surface area contributed by atoms with Crippen molar-refractivity contribution in [1.82, 2.24) is 0 Å². The summed E-state index contributed by atoms with van der Waals surface area (Å²) in [7, 11) is 0. The zero-order valence-electron chi connectivity index (χ0n) is 8.69. The first kappa shape index (κ1) is 10.4. The van der Waals surface area contributed by atoms with Crippen LogP contribution in [0.1, 0.15) is 12.5 Å². The molecule has 0 amide bonds. The van der Waals surface area contributed by atoms with Crippen molar-refractivity contribution in [2.24, 2.45) is 0 Å². The molecule has 0 unspecified atom stereocenters. The van der Waals surface area contributed by atoms with Crippen LogP contribution in [0.2, 0.25) is 0 Å². The summed E-state index contributed by atoms with van der Waals surface area (Å²) in [6, 6.07) is 10.5. The second-order valence-electron chi connectivity index (χ2n) is 3.42. The van der Waals surface area contributed by atoms with Gasteiger partial charge >= 0.3 is 5.97 Å². The van der Waals surface area contributed by atoms with Crippen LogP contribution < -0.4 is 4.74 Å². The van der Waals surface area contributed by atoms with Gasteiger partial charge in [0.2, 0.25) is 6.29 Å². The van der Waals surface area contributed by atoms with Gasteiger partial charge in [-0.15, -0.1) is 0 Å². The van der Waals surface area contributed by atoms with Crippen LogP contribution in [0.15, 0.2) is 36.4 Å². The molecule has 2 aromatic rings. The second kappa shape index (κ2) is 4.14. The van der Waals surface area contributed by atoms with Crippen LogP contribution in [0.5, 0.6) is 5.75 Å². The van der Waals surface area contributed by atoms with E-state index in [2.05, 4.69) is 0 Å². The van der Waals surface area contributed by atoms with Crippen LogP contribution in [-0.2, 0) is 9.59 Å². The molecule has 3 heteroatoms. The third-order valence-electron chi connectivity index (χ3n) is 2.19. The Kier molecular flexibility index (Phi) is 2.68. The van der Waals surface area contributed by atoms with Crippen molar-refractivity contribution in [3.8, 4) is 5.75 Å². The van der Waals surface area contributed by atoms with Crippen molar-refractivity contribution in [3.63, 3.8) is 0 Å². The molecule has 0 N–H and O–H groups in total. The van der Waals surface area contributed by atoms with Gasteiger partial charge in [0.25, 0.3) is 0 Å². The van der Waals surface area contributed by atoms with Gasteiger partial charge in [-0.1, -0.05) is 18.2 Å². The summed E-state index contributed by atoms with van der Waals surface area (Å²) < 4.78 is 4.96. The van der Waals surface area contributed by atoms with Crippen LogP contribution in [0, 0.1) is 0 Å². The zero-order chi connectivity index (χ0) is 11.5. The molecular formula is C13H9O3. The molecule has 2 aromatic carbocycles. The number of benzene rings is 2. The first-order chi connectivity index (χ1) is 7.69. The number of hydrogen-bond donors (Lipinski definition) is 0. The van der Waals surface area contributed by atoms with Gasteiger partial charge in [-0.2, -0.15) is 0 Å². The molecule has 0 saturated carbocycles. The second-order valence-corrected chi connectivity index (χ2v) is 3.42. The molecule has 0 saturated heterocycles. The number of carbonyl (C=O) groups is 1. The maximum atomic E-state index is 10.8. The Hall–Kier alpha value is -2.16. The van der Waals surface area contributed by atoms with Gasteiger partial charge < -0.3 is 4.74 Å². The van der Waals surface area contributed by atoms with Gasteiger partial charge in [0.05, 0.1) is 0 Å². The third-order valence-corrected chi connectivity index (χ3v) is 2.19. The highest BCUT2D eigenvalue weighted by molar-refractivity contribution is 5.90. The van der Waals surface area contributed by atoms with Crippen molar-refractivity contribution < 1.29 is 14.3 Å². The molecule has 79 valence electrons. The standard InChI is InChI=1S/C13H9O3/c1-9(15)16-13-5-4-11-6-10(8-14)2-3-12(11)7-13/h2-7H,1H3. The molecule has 16 heavy (non-hydrogen) atoms. The number of hydrogen-bond acceptors (Lipinski definition) is 3. The predicted molar refractivity (Wildman–Crippen MR) is 60.1 cm³/mol. The molecule has 0 fully saturated rings. The van der Waals surface area contributed by atoms with E-state index in [0.717, 1.165) is 10.8 Å². The number of esters is 1. The molecule has 2 rings (SSSR count). The highest BCUT2D eigenvalue weighted by atomic mass is 16.5. The van der Waals surface area contributed by atoms with Gasteiger partial charge in [0.15, 0.2) is 0 Å². The minimum Gasteiger partial charge on any atom is -0.427 e. The van der Waals surface area contributed by atoms with E-state index in [0.29, 0.717) is 11.3 Å². The summed E-state index contributed by atoms with van der Waals surface area (Å²) in [5.74, 6) is 0.153. The van der Waals surface area contributed by atoms with E-state index in [1.165, 1.54) is 6.92 Å². The summed E-state index contributed by atoms with van der Waals surface area (Å²) in [5.41, 5.74) is 0.507. The predicted octanol–water partition coefficient (Wildman–Crippen LogP) is 2.22. The van der Waals surface area contributed by atoms with Gasteiger partial charge in [-0.3, -0.25) is 9.59 Å². The lowest BCUT2D eigenvalue weighted by Crippen LogP contribution is -2.00. The van der Waals surface area contributed by atoms with Crippen LogP contribution in [0.3, 0.4) is 0 Å². The van der Waals surface area contributed by atoms with E-state index in [9.17, 15) is 9.59 Å². The minimum absolute atomic E-state index is 0.350. The van der Waals surface area contributed by atoms with Gasteiger partial charge in [-0.05, 0) is 29.0 Å². The lowest BCUT2D eigenvalue weighted by molar-refractivity contribution is -0.131. The summed E-state index contributed by atoms with van der Waals surface area (Å²) >= 11 is 0. The summed E-state index contributed by atoms with van der Waals surface area (Å²) in [4.78, 5) is 21.2. The molecule has 0 bridgehead atoms. The number of fused-ring (bicyclic) bond motifs is 1. The Balaban J connectivity index is 2.47. The van der Waals surface area contributed by atoms with Crippen molar-refractivity contribution >= 4 is 23.0 Å². The molecule has 0 aliphatic rings. The number of carbonyl (C=O) groups excluding carboxylic acids is 2. The van der Waals surface area contributed by atoms with Crippen molar-refractivity contribution in [3.05, 3.63) is 42.0 Å². The minimum atomic E-state index is -0.350. The number of rotatable bonds is 2. The lowest BCUT2D eigenvalue weighted by atomic mass is 10.1. The van der Waals surface area contributed by atoms with Gasteiger partial charge in [0, 0.05) is 12.5 Å².